The summed E-state index contributed by atoms with van der Waals surface area (Å²) in [5.74, 6) is -0.932. The van der Waals surface area contributed by atoms with Crippen molar-refractivity contribution in [2.45, 2.75) is 18.4 Å². The molecule has 3 rings (SSSR count). The Labute approximate surface area is 165 Å². The fourth-order valence-corrected chi connectivity index (χ4v) is 4.45. The van der Waals surface area contributed by atoms with E-state index in [9.17, 15) is 17.6 Å². The molecule has 0 aliphatic heterocycles. The van der Waals surface area contributed by atoms with Gasteiger partial charge >= 0.3 is 0 Å². The van der Waals surface area contributed by atoms with E-state index in [1.807, 2.05) is 11.5 Å². The molecule has 3 aromatic rings. The number of benzene rings is 2. The van der Waals surface area contributed by atoms with Gasteiger partial charge in [-0.25, -0.2) is 12.8 Å². The third-order valence-electron chi connectivity index (χ3n) is 4.03. The summed E-state index contributed by atoms with van der Waals surface area (Å²) in [6, 6.07) is 9.97. The quantitative estimate of drug-likeness (QED) is 0.572. The van der Waals surface area contributed by atoms with Gasteiger partial charge in [0.15, 0.2) is 14.6 Å². The van der Waals surface area contributed by atoms with E-state index in [0.29, 0.717) is 29.3 Å². The standard InChI is InChI=1S/C19H19FN2O4S2/c1-3-26-11-10-22-16-9-8-15(28(2,24)25)12-17(16)27-19(22)21-18(23)13-4-6-14(20)7-5-13/h4-9,12H,3,10-11H2,1-2H3. The zero-order valence-corrected chi connectivity index (χ0v) is 17.0. The van der Waals surface area contributed by atoms with E-state index in [1.54, 1.807) is 12.1 Å². The van der Waals surface area contributed by atoms with Crippen molar-refractivity contribution in [1.82, 2.24) is 4.57 Å². The van der Waals surface area contributed by atoms with Crippen LogP contribution in [0.2, 0.25) is 0 Å². The molecule has 0 unspecified atom stereocenters. The maximum Gasteiger partial charge on any atom is 0.279 e. The minimum Gasteiger partial charge on any atom is -0.380 e. The minimum absolute atomic E-state index is 0.203. The molecule has 1 heterocycles. The molecule has 1 aromatic heterocycles. The maximum atomic E-state index is 13.1. The Hall–Kier alpha value is -2.36. The van der Waals surface area contributed by atoms with Gasteiger partial charge in [0, 0.05) is 25.0 Å². The van der Waals surface area contributed by atoms with E-state index >= 15 is 0 Å². The van der Waals surface area contributed by atoms with Crippen molar-refractivity contribution in [2.75, 3.05) is 19.5 Å². The Morgan fingerprint density at radius 1 is 1.21 bits per heavy atom. The van der Waals surface area contributed by atoms with Crippen molar-refractivity contribution >= 4 is 37.3 Å². The molecule has 2 aromatic carbocycles. The molecule has 6 nitrogen and oxygen atoms in total. The van der Waals surface area contributed by atoms with Crippen LogP contribution in [-0.4, -0.2) is 38.4 Å². The molecule has 0 aliphatic rings. The van der Waals surface area contributed by atoms with Gasteiger partial charge in [0.25, 0.3) is 5.91 Å². The van der Waals surface area contributed by atoms with Crippen LogP contribution in [0.5, 0.6) is 0 Å². The number of halogens is 1. The summed E-state index contributed by atoms with van der Waals surface area (Å²) >= 11 is 1.22. The summed E-state index contributed by atoms with van der Waals surface area (Å²) in [6.07, 6.45) is 1.15. The zero-order valence-electron chi connectivity index (χ0n) is 15.4. The molecular weight excluding hydrogens is 403 g/mol. The van der Waals surface area contributed by atoms with Crippen LogP contribution in [0.3, 0.4) is 0 Å². The predicted molar refractivity (Wildman–Crippen MR) is 106 cm³/mol. The lowest BCUT2D eigenvalue weighted by molar-refractivity contribution is 0.0996. The highest BCUT2D eigenvalue weighted by Gasteiger charge is 2.13. The largest absolute Gasteiger partial charge is 0.380 e. The van der Waals surface area contributed by atoms with Crippen LogP contribution in [0.4, 0.5) is 4.39 Å². The van der Waals surface area contributed by atoms with Crippen molar-refractivity contribution in [2.24, 2.45) is 4.99 Å². The summed E-state index contributed by atoms with van der Waals surface area (Å²) in [7, 11) is -3.35. The second-order valence-corrected chi connectivity index (χ2v) is 9.08. The molecule has 0 aliphatic carbocycles. The number of rotatable bonds is 6. The molecule has 0 radical (unpaired) electrons. The molecule has 0 spiro atoms. The van der Waals surface area contributed by atoms with E-state index in [0.717, 1.165) is 11.8 Å². The second-order valence-electron chi connectivity index (χ2n) is 6.06. The van der Waals surface area contributed by atoms with Crippen molar-refractivity contribution in [3.63, 3.8) is 0 Å². The van der Waals surface area contributed by atoms with E-state index in [4.69, 9.17) is 4.74 Å². The number of fused-ring (bicyclic) bond motifs is 1. The Kier molecular flexibility index (Phi) is 6.07. The normalized spacial score (nSPS) is 12.6. The smallest absolute Gasteiger partial charge is 0.279 e. The fraction of sp³-hybridized carbons (Fsp3) is 0.263. The molecule has 28 heavy (non-hydrogen) atoms. The number of hydrogen-bond donors (Lipinski definition) is 0. The minimum atomic E-state index is -3.35. The number of nitrogens with zero attached hydrogens (tertiary/aromatic N) is 2. The van der Waals surface area contributed by atoms with E-state index in [1.165, 1.54) is 41.7 Å². The highest BCUT2D eigenvalue weighted by molar-refractivity contribution is 7.90. The van der Waals surface area contributed by atoms with Gasteiger partial charge in [-0.1, -0.05) is 11.3 Å². The summed E-state index contributed by atoms with van der Waals surface area (Å²) < 4.78 is 44.7. The van der Waals surface area contributed by atoms with Gasteiger partial charge < -0.3 is 9.30 Å². The molecule has 0 fully saturated rings. The topological polar surface area (TPSA) is 77.7 Å². The van der Waals surface area contributed by atoms with Crippen LogP contribution in [0.15, 0.2) is 52.4 Å². The number of ether oxygens (including phenoxy) is 1. The number of carbonyl (C=O) groups excluding carboxylic acids is 1. The fourth-order valence-electron chi connectivity index (χ4n) is 2.63. The molecular formula is C19H19FN2O4S2. The number of sulfone groups is 1. The molecule has 148 valence electrons. The van der Waals surface area contributed by atoms with Gasteiger partial charge in [0.1, 0.15) is 5.82 Å². The molecule has 9 heteroatoms. The lowest BCUT2D eigenvalue weighted by atomic mass is 10.2. The Bertz CT molecular complexity index is 1180. The van der Waals surface area contributed by atoms with E-state index in [2.05, 4.69) is 4.99 Å². The van der Waals surface area contributed by atoms with Gasteiger partial charge in [0.2, 0.25) is 0 Å². The molecule has 1 amide bonds. The summed E-state index contributed by atoms with van der Waals surface area (Å²) in [6.45, 7) is 3.33. The maximum absolute atomic E-state index is 13.1. The highest BCUT2D eigenvalue weighted by Crippen LogP contribution is 2.22. The van der Waals surface area contributed by atoms with Gasteiger partial charge in [-0.15, -0.1) is 0 Å². The number of aromatic nitrogens is 1. The van der Waals surface area contributed by atoms with Gasteiger partial charge in [0.05, 0.1) is 21.7 Å². The van der Waals surface area contributed by atoms with E-state index < -0.39 is 21.6 Å². The first-order chi connectivity index (χ1) is 13.3. The van der Waals surface area contributed by atoms with Crippen LogP contribution in [0.25, 0.3) is 10.2 Å². The van der Waals surface area contributed by atoms with Crippen molar-refractivity contribution in [1.29, 1.82) is 0 Å². The lowest BCUT2D eigenvalue weighted by Crippen LogP contribution is -2.19. The molecule has 0 saturated carbocycles. The number of amides is 1. The Morgan fingerprint density at radius 2 is 1.93 bits per heavy atom. The monoisotopic (exact) mass is 422 g/mol. The summed E-state index contributed by atoms with van der Waals surface area (Å²) in [5.41, 5.74) is 1.04. The molecule has 0 N–H and O–H groups in total. The van der Waals surface area contributed by atoms with Crippen LogP contribution in [0, 0.1) is 5.82 Å². The van der Waals surface area contributed by atoms with Crippen LogP contribution < -0.4 is 4.80 Å². The van der Waals surface area contributed by atoms with Crippen LogP contribution in [-0.2, 0) is 21.1 Å². The lowest BCUT2D eigenvalue weighted by Gasteiger charge is -2.06. The predicted octanol–water partition coefficient (Wildman–Crippen LogP) is 3.02. The highest BCUT2D eigenvalue weighted by atomic mass is 32.2. The van der Waals surface area contributed by atoms with Crippen molar-refractivity contribution < 1.29 is 22.3 Å². The average Bonchev–Trinajstić information content (AvgIpc) is 2.98. The van der Waals surface area contributed by atoms with Crippen LogP contribution in [0.1, 0.15) is 17.3 Å². The second kappa shape index (κ2) is 8.34. The van der Waals surface area contributed by atoms with Gasteiger partial charge in [-0.3, -0.25) is 4.79 Å². The molecule has 0 atom stereocenters. The van der Waals surface area contributed by atoms with Gasteiger partial charge in [-0.05, 0) is 49.4 Å². The zero-order chi connectivity index (χ0) is 20.3. The Balaban J connectivity index is 2.11. The third-order valence-corrected chi connectivity index (χ3v) is 6.19. The SMILES string of the molecule is CCOCCn1c(=NC(=O)c2ccc(F)cc2)sc2cc(S(C)(=O)=O)ccc21. The van der Waals surface area contributed by atoms with Crippen LogP contribution >= 0.6 is 11.3 Å². The first-order valence-corrected chi connectivity index (χ1v) is 11.3. The number of hydrogen-bond acceptors (Lipinski definition) is 5. The summed E-state index contributed by atoms with van der Waals surface area (Å²) in [4.78, 5) is 17.3. The average molecular weight is 423 g/mol. The third kappa shape index (κ3) is 4.54. The number of thiazole rings is 1. The molecule has 0 saturated heterocycles. The van der Waals surface area contributed by atoms with Crippen molar-refractivity contribution in [3.8, 4) is 0 Å². The first-order valence-electron chi connectivity index (χ1n) is 8.55. The first kappa shape index (κ1) is 20.4. The summed E-state index contributed by atoms with van der Waals surface area (Å²) in [5, 5.41) is 0. The molecule has 0 bridgehead atoms. The number of carbonyl (C=O) groups is 1. The Morgan fingerprint density at radius 3 is 2.57 bits per heavy atom. The van der Waals surface area contributed by atoms with Crippen molar-refractivity contribution in [3.05, 3.63) is 58.6 Å². The van der Waals surface area contributed by atoms with E-state index in [-0.39, 0.29) is 10.5 Å². The van der Waals surface area contributed by atoms with Gasteiger partial charge in [-0.2, -0.15) is 4.99 Å².